The summed E-state index contributed by atoms with van der Waals surface area (Å²) in [6.07, 6.45) is 4.50. The number of aromatic nitrogens is 4. The lowest BCUT2D eigenvalue weighted by atomic mass is 10.1. The lowest BCUT2D eigenvalue weighted by Gasteiger charge is -2.40. The Morgan fingerprint density at radius 1 is 1.12 bits per heavy atom. The van der Waals surface area contributed by atoms with Crippen LogP contribution in [-0.2, 0) is 6.18 Å². The van der Waals surface area contributed by atoms with Crippen molar-refractivity contribution >= 4 is 34.6 Å². The number of alkyl halides is 3. The summed E-state index contributed by atoms with van der Waals surface area (Å²) >= 11 is 1.68. The molecule has 0 radical (unpaired) electrons. The highest BCUT2D eigenvalue weighted by Gasteiger charge is 2.32. The molecule has 1 aliphatic rings. The number of fused-ring (bicyclic) bond motifs is 1. The maximum Gasteiger partial charge on any atom is 0.417 e. The van der Waals surface area contributed by atoms with Gasteiger partial charge in [0.25, 0.3) is 5.91 Å². The van der Waals surface area contributed by atoms with E-state index in [0.29, 0.717) is 10.8 Å². The number of pyridine rings is 1. The molecule has 34 heavy (non-hydrogen) atoms. The topological polar surface area (TPSA) is 75.4 Å². The monoisotopic (exact) mass is 484 g/mol. The maximum atomic E-state index is 12.9. The van der Waals surface area contributed by atoms with Gasteiger partial charge >= 0.3 is 6.18 Å². The fourth-order valence-electron chi connectivity index (χ4n) is 3.69. The highest BCUT2D eigenvalue weighted by molar-refractivity contribution is 8.00. The number of hydrogen-bond acceptors (Lipinski definition) is 6. The van der Waals surface area contributed by atoms with Crippen molar-refractivity contribution < 1.29 is 18.0 Å². The van der Waals surface area contributed by atoms with Crippen LogP contribution >= 0.6 is 11.8 Å². The average molecular weight is 485 g/mol. The van der Waals surface area contributed by atoms with E-state index in [2.05, 4.69) is 25.3 Å². The number of carbonyl (C=O) groups excluding carboxylic acids is 1. The van der Waals surface area contributed by atoms with Gasteiger partial charge in [-0.05, 0) is 30.7 Å². The Morgan fingerprint density at radius 2 is 1.94 bits per heavy atom. The van der Waals surface area contributed by atoms with Crippen molar-refractivity contribution in [3.8, 4) is 0 Å². The number of hydrogen-bond donors (Lipinski definition) is 1. The number of thioether (sulfide) groups is 1. The third-order valence-corrected chi connectivity index (χ3v) is 6.89. The normalized spacial score (nSPS) is 14.3. The molecule has 0 spiro atoms. The zero-order valence-corrected chi connectivity index (χ0v) is 18.8. The molecular weight excluding hydrogens is 465 g/mol. The third kappa shape index (κ3) is 4.43. The molecular formula is C23H19F3N6OS. The van der Waals surface area contributed by atoms with Crippen LogP contribution in [0.15, 0.2) is 66.3 Å². The Balaban J connectivity index is 1.25. The summed E-state index contributed by atoms with van der Waals surface area (Å²) in [4.78, 5) is 23.6. The molecule has 11 heteroatoms. The maximum absolute atomic E-state index is 12.9. The van der Waals surface area contributed by atoms with Gasteiger partial charge in [-0.3, -0.25) is 14.8 Å². The summed E-state index contributed by atoms with van der Waals surface area (Å²) in [6.45, 7) is 3.62. The second kappa shape index (κ2) is 8.64. The predicted octanol–water partition coefficient (Wildman–Crippen LogP) is 4.68. The molecule has 0 saturated carbocycles. The molecule has 174 valence electrons. The highest BCUT2D eigenvalue weighted by atomic mass is 32.2. The molecule has 1 aromatic carbocycles. The molecule has 4 heterocycles. The second-order valence-corrected chi connectivity index (χ2v) is 9.32. The predicted molar refractivity (Wildman–Crippen MR) is 123 cm³/mol. The van der Waals surface area contributed by atoms with Gasteiger partial charge in [-0.15, -0.1) is 11.8 Å². The summed E-state index contributed by atoms with van der Waals surface area (Å²) in [5.74, 6) is -0.489. The van der Waals surface area contributed by atoms with Gasteiger partial charge in [0, 0.05) is 47.4 Å². The molecule has 1 fully saturated rings. The molecule has 0 atom stereocenters. The number of nitrogens with zero attached hydrogens (tertiary/aromatic N) is 5. The van der Waals surface area contributed by atoms with Crippen LogP contribution in [0.25, 0.3) is 5.52 Å². The first-order valence-electron chi connectivity index (χ1n) is 10.4. The van der Waals surface area contributed by atoms with Gasteiger partial charge in [0.1, 0.15) is 5.52 Å². The van der Waals surface area contributed by atoms with Crippen LogP contribution in [-0.4, -0.2) is 43.8 Å². The lowest BCUT2D eigenvalue weighted by Crippen LogP contribution is -2.49. The van der Waals surface area contributed by atoms with Gasteiger partial charge in [0.2, 0.25) is 0 Å². The number of aryl methyl sites for hydroxylation is 1. The van der Waals surface area contributed by atoms with Crippen molar-refractivity contribution in [2.24, 2.45) is 0 Å². The lowest BCUT2D eigenvalue weighted by molar-refractivity contribution is -0.137. The first-order valence-corrected chi connectivity index (χ1v) is 11.3. The van der Waals surface area contributed by atoms with Gasteiger partial charge in [0.05, 0.1) is 35.5 Å². The molecule has 1 aliphatic heterocycles. The fourth-order valence-corrected chi connectivity index (χ4v) is 5.01. The second-order valence-electron chi connectivity index (χ2n) is 7.98. The van der Waals surface area contributed by atoms with E-state index in [0.717, 1.165) is 47.0 Å². The number of carbonyl (C=O) groups is 1. The number of benzene rings is 1. The largest absolute Gasteiger partial charge is 0.417 e. The number of anilines is 2. The SMILES string of the molecule is Cc1ccc(C(=O)Nc2cncc(C(F)(F)F)c2)cc1SC1CN(c2cnn3ccncc23)C1. The van der Waals surface area contributed by atoms with Gasteiger partial charge < -0.3 is 10.2 Å². The molecule has 1 amide bonds. The molecule has 1 saturated heterocycles. The highest BCUT2D eigenvalue weighted by Crippen LogP contribution is 2.36. The minimum absolute atomic E-state index is 0.00729. The summed E-state index contributed by atoms with van der Waals surface area (Å²) in [6, 6.07) is 6.15. The quantitative estimate of drug-likeness (QED) is 0.443. The van der Waals surface area contributed by atoms with Crippen LogP contribution in [0.1, 0.15) is 21.5 Å². The Morgan fingerprint density at radius 3 is 2.74 bits per heavy atom. The Labute approximate surface area is 197 Å². The van der Waals surface area contributed by atoms with Crippen LogP contribution in [0.3, 0.4) is 0 Å². The molecule has 0 bridgehead atoms. The van der Waals surface area contributed by atoms with E-state index < -0.39 is 17.6 Å². The zero-order valence-electron chi connectivity index (χ0n) is 18.0. The number of halogens is 3. The number of amides is 1. The third-order valence-electron chi connectivity index (χ3n) is 5.56. The summed E-state index contributed by atoms with van der Waals surface area (Å²) in [5.41, 5.74) is 2.46. The smallest absolute Gasteiger partial charge is 0.366 e. The molecule has 7 nitrogen and oxygen atoms in total. The van der Waals surface area contributed by atoms with E-state index in [1.807, 2.05) is 19.2 Å². The van der Waals surface area contributed by atoms with E-state index in [1.54, 1.807) is 47.0 Å². The number of nitrogens with one attached hydrogen (secondary N) is 1. The average Bonchev–Trinajstić information content (AvgIpc) is 3.20. The molecule has 0 aliphatic carbocycles. The number of rotatable bonds is 5. The van der Waals surface area contributed by atoms with E-state index >= 15 is 0 Å². The standard InChI is InChI=1S/C23H19F3N6OS/c1-14-2-3-15(22(33)30-17-7-16(8-28-9-17)23(24,25)26)6-21(14)34-18-12-31(13-18)19-11-29-32-5-4-27-10-20(19)32/h2-11,18H,12-13H2,1H3,(H,30,33). The Kier molecular flexibility index (Phi) is 5.64. The van der Waals surface area contributed by atoms with Crippen molar-refractivity contribution in [3.63, 3.8) is 0 Å². The van der Waals surface area contributed by atoms with Crippen LogP contribution in [0.2, 0.25) is 0 Å². The fraction of sp³-hybridized carbons (Fsp3) is 0.217. The summed E-state index contributed by atoms with van der Waals surface area (Å²) in [5, 5.41) is 7.18. The molecule has 3 aromatic heterocycles. The molecule has 0 unspecified atom stereocenters. The van der Waals surface area contributed by atoms with Crippen LogP contribution in [0.4, 0.5) is 24.5 Å². The van der Waals surface area contributed by atoms with Crippen molar-refractivity contribution in [2.75, 3.05) is 23.3 Å². The van der Waals surface area contributed by atoms with E-state index in [-0.39, 0.29) is 5.69 Å². The van der Waals surface area contributed by atoms with Gasteiger partial charge in [-0.25, -0.2) is 4.52 Å². The van der Waals surface area contributed by atoms with Gasteiger partial charge in [0.15, 0.2) is 0 Å². The van der Waals surface area contributed by atoms with E-state index in [1.165, 1.54) is 6.20 Å². The molecule has 1 N–H and O–H groups in total. The zero-order chi connectivity index (χ0) is 23.9. The first-order chi connectivity index (χ1) is 16.3. The van der Waals surface area contributed by atoms with Crippen molar-refractivity contribution in [1.29, 1.82) is 0 Å². The van der Waals surface area contributed by atoms with Crippen LogP contribution in [0, 0.1) is 6.92 Å². The first kappa shape index (κ1) is 22.2. The van der Waals surface area contributed by atoms with E-state index in [9.17, 15) is 18.0 Å². The molecule has 5 rings (SSSR count). The Bertz CT molecular complexity index is 1370. The van der Waals surface area contributed by atoms with Crippen LogP contribution < -0.4 is 10.2 Å². The van der Waals surface area contributed by atoms with Gasteiger partial charge in [-0.1, -0.05) is 6.07 Å². The van der Waals surface area contributed by atoms with Gasteiger partial charge in [-0.2, -0.15) is 18.3 Å². The Hall–Kier alpha value is -3.60. The van der Waals surface area contributed by atoms with Crippen LogP contribution in [0.5, 0.6) is 0 Å². The minimum atomic E-state index is -4.53. The molecule has 4 aromatic rings. The van der Waals surface area contributed by atoms with Crippen molar-refractivity contribution in [3.05, 3.63) is 78.1 Å². The summed E-state index contributed by atoms with van der Waals surface area (Å²) in [7, 11) is 0. The van der Waals surface area contributed by atoms with E-state index in [4.69, 9.17) is 0 Å². The van der Waals surface area contributed by atoms with Crippen molar-refractivity contribution in [2.45, 2.75) is 23.2 Å². The summed E-state index contributed by atoms with van der Waals surface area (Å²) < 4.78 is 40.5. The van der Waals surface area contributed by atoms with Crippen molar-refractivity contribution in [1.82, 2.24) is 19.6 Å². The minimum Gasteiger partial charge on any atom is -0.366 e.